The van der Waals surface area contributed by atoms with E-state index >= 15 is 0 Å². The molecule has 1 fully saturated rings. The van der Waals surface area contributed by atoms with Crippen molar-refractivity contribution in [3.05, 3.63) is 59.7 Å². The van der Waals surface area contributed by atoms with Crippen molar-refractivity contribution < 1.29 is 18.0 Å². The number of amides is 2. The molecule has 0 aromatic heterocycles. The highest BCUT2D eigenvalue weighted by atomic mass is 32.2. The minimum atomic E-state index is -3.64. The number of sulfonamides is 1. The molecule has 3 rings (SSSR count). The topological polar surface area (TPSA) is 86.8 Å². The molecule has 0 saturated carbocycles. The summed E-state index contributed by atoms with van der Waals surface area (Å²) < 4.78 is 27.5. The first-order valence-electron chi connectivity index (χ1n) is 11.1. The van der Waals surface area contributed by atoms with E-state index in [0.29, 0.717) is 31.6 Å². The number of nitrogens with one attached hydrogen (secondary N) is 1. The Morgan fingerprint density at radius 2 is 1.75 bits per heavy atom. The van der Waals surface area contributed by atoms with Gasteiger partial charge in [-0.05, 0) is 55.2 Å². The highest BCUT2D eigenvalue weighted by Gasteiger charge is 2.24. The summed E-state index contributed by atoms with van der Waals surface area (Å²) in [6.07, 6.45) is 2.91. The minimum Gasteiger partial charge on any atom is -0.348 e. The molecule has 172 valence electrons. The zero-order valence-electron chi connectivity index (χ0n) is 18.7. The normalized spacial score (nSPS) is 14.2. The summed E-state index contributed by atoms with van der Waals surface area (Å²) in [5, 5.41) is 2.84. The van der Waals surface area contributed by atoms with Gasteiger partial charge in [0.25, 0.3) is 5.91 Å². The first-order valence-corrected chi connectivity index (χ1v) is 12.6. The summed E-state index contributed by atoms with van der Waals surface area (Å²) in [5.41, 5.74) is 2.07. The van der Waals surface area contributed by atoms with Gasteiger partial charge in [-0.25, -0.2) is 8.42 Å². The lowest BCUT2D eigenvalue weighted by atomic mass is 10.1. The van der Waals surface area contributed by atoms with Crippen molar-refractivity contribution in [3.63, 3.8) is 0 Å². The van der Waals surface area contributed by atoms with Crippen LogP contribution in [0.5, 0.6) is 0 Å². The molecule has 1 saturated heterocycles. The molecule has 0 radical (unpaired) electrons. The number of carbonyl (C=O) groups excluding carboxylic acids is 2. The second kappa shape index (κ2) is 10.7. The quantitative estimate of drug-likeness (QED) is 0.591. The van der Waals surface area contributed by atoms with Crippen LogP contribution in [-0.4, -0.2) is 44.2 Å². The van der Waals surface area contributed by atoms with Gasteiger partial charge in [0.05, 0.1) is 4.90 Å². The fourth-order valence-electron chi connectivity index (χ4n) is 3.80. The van der Waals surface area contributed by atoms with Gasteiger partial charge in [0.1, 0.15) is 0 Å². The Kier molecular flexibility index (Phi) is 8.04. The van der Waals surface area contributed by atoms with E-state index < -0.39 is 10.0 Å². The maximum absolute atomic E-state index is 13.0. The van der Waals surface area contributed by atoms with Crippen LogP contribution in [0.1, 0.15) is 55.5 Å². The number of carbonyl (C=O) groups is 2. The van der Waals surface area contributed by atoms with Crippen molar-refractivity contribution in [2.24, 2.45) is 0 Å². The fourth-order valence-corrected chi connectivity index (χ4v) is 5.47. The fraction of sp³-hybridized carbons (Fsp3) is 0.417. The van der Waals surface area contributed by atoms with Gasteiger partial charge >= 0.3 is 0 Å². The lowest BCUT2D eigenvalue weighted by Crippen LogP contribution is -2.32. The summed E-state index contributed by atoms with van der Waals surface area (Å²) in [7, 11) is -3.64. The molecule has 1 aliphatic rings. The molecule has 0 bridgehead atoms. The van der Waals surface area contributed by atoms with Crippen LogP contribution < -0.4 is 10.2 Å². The lowest BCUT2D eigenvalue weighted by molar-refractivity contribution is -0.117. The van der Waals surface area contributed by atoms with Crippen LogP contribution in [0.15, 0.2) is 53.4 Å². The molecule has 2 aromatic carbocycles. The molecule has 0 spiro atoms. The second-order valence-electron chi connectivity index (χ2n) is 7.93. The summed E-state index contributed by atoms with van der Waals surface area (Å²) in [5.74, 6) is -0.198. The lowest BCUT2D eigenvalue weighted by Gasteiger charge is -2.21. The van der Waals surface area contributed by atoms with Gasteiger partial charge in [0.15, 0.2) is 0 Å². The molecule has 0 unspecified atom stereocenters. The maximum atomic E-state index is 13.0. The standard InChI is InChI=1S/C24H31N3O4S/c1-3-14-26(15-4-2)32(30,31)22-8-5-7-20(17-22)24(29)25-18-19-10-12-21(13-11-19)27-16-6-9-23(27)28/h5,7-8,10-13,17H,3-4,6,9,14-16,18H2,1-2H3,(H,25,29). The maximum Gasteiger partial charge on any atom is 0.251 e. The van der Waals surface area contributed by atoms with E-state index in [1.807, 2.05) is 38.1 Å². The Labute approximate surface area is 190 Å². The highest BCUT2D eigenvalue weighted by molar-refractivity contribution is 7.89. The van der Waals surface area contributed by atoms with Gasteiger partial charge < -0.3 is 10.2 Å². The van der Waals surface area contributed by atoms with Crippen LogP contribution in [0.4, 0.5) is 5.69 Å². The summed E-state index contributed by atoms with van der Waals surface area (Å²) in [6, 6.07) is 13.7. The van der Waals surface area contributed by atoms with Crippen LogP contribution in [0.2, 0.25) is 0 Å². The van der Waals surface area contributed by atoms with E-state index in [4.69, 9.17) is 0 Å². The number of nitrogens with zero attached hydrogens (tertiary/aromatic N) is 2. The van der Waals surface area contributed by atoms with Crippen molar-refractivity contribution in [1.29, 1.82) is 0 Å². The molecule has 1 N–H and O–H groups in total. The van der Waals surface area contributed by atoms with E-state index in [9.17, 15) is 18.0 Å². The van der Waals surface area contributed by atoms with Gasteiger partial charge in [-0.1, -0.05) is 32.0 Å². The Morgan fingerprint density at radius 3 is 2.34 bits per heavy atom. The van der Waals surface area contributed by atoms with Crippen LogP contribution in [0.3, 0.4) is 0 Å². The van der Waals surface area contributed by atoms with E-state index in [1.165, 1.54) is 16.4 Å². The van der Waals surface area contributed by atoms with Gasteiger partial charge in [-0.3, -0.25) is 9.59 Å². The summed E-state index contributed by atoms with van der Waals surface area (Å²) >= 11 is 0. The zero-order chi connectivity index (χ0) is 23.1. The number of anilines is 1. The van der Waals surface area contributed by atoms with Crippen LogP contribution >= 0.6 is 0 Å². The van der Waals surface area contributed by atoms with E-state index in [-0.39, 0.29) is 16.7 Å². The van der Waals surface area contributed by atoms with E-state index in [1.54, 1.807) is 17.0 Å². The smallest absolute Gasteiger partial charge is 0.251 e. The second-order valence-corrected chi connectivity index (χ2v) is 9.87. The Balaban J connectivity index is 1.66. The molecular formula is C24H31N3O4S. The third-order valence-electron chi connectivity index (χ3n) is 5.45. The first kappa shape index (κ1) is 23.9. The number of rotatable bonds is 10. The predicted molar refractivity (Wildman–Crippen MR) is 125 cm³/mol. The van der Waals surface area contributed by atoms with E-state index in [2.05, 4.69) is 5.32 Å². The van der Waals surface area contributed by atoms with Crippen molar-refractivity contribution in [3.8, 4) is 0 Å². The monoisotopic (exact) mass is 457 g/mol. The largest absolute Gasteiger partial charge is 0.348 e. The molecule has 2 aromatic rings. The van der Waals surface area contributed by atoms with Crippen LogP contribution in [0.25, 0.3) is 0 Å². The highest BCUT2D eigenvalue weighted by Crippen LogP contribution is 2.22. The number of hydrogen-bond acceptors (Lipinski definition) is 4. The van der Waals surface area contributed by atoms with Gasteiger partial charge in [-0.15, -0.1) is 0 Å². The first-order chi connectivity index (χ1) is 15.4. The Bertz CT molecular complexity index is 1050. The molecular weight excluding hydrogens is 426 g/mol. The number of benzene rings is 2. The van der Waals surface area contributed by atoms with Crippen molar-refractivity contribution in [2.45, 2.75) is 51.0 Å². The third kappa shape index (κ3) is 5.55. The number of hydrogen-bond donors (Lipinski definition) is 1. The molecule has 1 heterocycles. The van der Waals surface area contributed by atoms with Gasteiger partial charge in [0.2, 0.25) is 15.9 Å². The molecule has 0 atom stereocenters. The zero-order valence-corrected chi connectivity index (χ0v) is 19.5. The predicted octanol–water partition coefficient (Wildman–Crippen LogP) is 3.55. The molecule has 8 heteroatoms. The van der Waals surface area contributed by atoms with Crippen LogP contribution in [-0.2, 0) is 21.4 Å². The molecule has 2 amide bonds. The average Bonchev–Trinajstić information content (AvgIpc) is 3.23. The minimum absolute atomic E-state index is 0.131. The van der Waals surface area contributed by atoms with Crippen molar-refractivity contribution in [1.82, 2.24) is 9.62 Å². The van der Waals surface area contributed by atoms with Crippen molar-refractivity contribution in [2.75, 3.05) is 24.5 Å². The Morgan fingerprint density at radius 1 is 1.06 bits per heavy atom. The van der Waals surface area contributed by atoms with E-state index in [0.717, 1.165) is 37.1 Å². The van der Waals surface area contributed by atoms with Crippen molar-refractivity contribution >= 4 is 27.5 Å². The molecule has 7 nitrogen and oxygen atoms in total. The SMILES string of the molecule is CCCN(CCC)S(=O)(=O)c1cccc(C(=O)NCc2ccc(N3CCCC3=O)cc2)c1. The molecule has 1 aliphatic heterocycles. The van der Waals surface area contributed by atoms with Gasteiger partial charge in [-0.2, -0.15) is 4.31 Å². The summed E-state index contributed by atoms with van der Waals surface area (Å²) in [6.45, 7) is 5.83. The average molecular weight is 458 g/mol. The Hall–Kier alpha value is -2.71. The summed E-state index contributed by atoms with van der Waals surface area (Å²) in [4.78, 5) is 26.4. The molecule has 0 aliphatic carbocycles. The molecule has 32 heavy (non-hydrogen) atoms. The van der Waals surface area contributed by atoms with Crippen LogP contribution in [0, 0.1) is 0 Å². The third-order valence-corrected chi connectivity index (χ3v) is 7.35. The van der Waals surface area contributed by atoms with Gasteiger partial charge in [0, 0.05) is 43.9 Å².